The number of nitrogens with zero attached hydrogens (tertiary/aromatic N) is 2. The van der Waals surface area contributed by atoms with Crippen molar-refractivity contribution in [2.75, 3.05) is 18.4 Å². The summed E-state index contributed by atoms with van der Waals surface area (Å²) in [6, 6.07) is 12.0. The fourth-order valence-electron chi connectivity index (χ4n) is 3.11. The molecule has 1 aliphatic rings. The first-order chi connectivity index (χ1) is 12.9. The van der Waals surface area contributed by atoms with Gasteiger partial charge in [0.2, 0.25) is 10.0 Å². The Morgan fingerprint density at radius 2 is 1.81 bits per heavy atom. The van der Waals surface area contributed by atoms with Crippen molar-refractivity contribution >= 4 is 42.6 Å². The zero-order valence-electron chi connectivity index (χ0n) is 14.8. The molecule has 1 saturated heterocycles. The predicted molar refractivity (Wildman–Crippen MR) is 107 cm³/mol. The first-order valence-electron chi connectivity index (χ1n) is 8.72. The number of anilines is 1. The Labute approximate surface area is 161 Å². The van der Waals surface area contributed by atoms with Crippen LogP contribution in [0.2, 0.25) is 0 Å². The molecule has 2 heterocycles. The van der Waals surface area contributed by atoms with Gasteiger partial charge in [-0.3, -0.25) is 10.1 Å². The normalized spacial score (nSPS) is 15.3. The summed E-state index contributed by atoms with van der Waals surface area (Å²) in [5, 5.41) is 3.31. The van der Waals surface area contributed by atoms with Crippen molar-refractivity contribution in [3.8, 4) is 0 Å². The lowest BCUT2D eigenvalue weighted by atomic mass is 10.2. The number of carbonyl (C=O) groups is 1. The number of aryl methyl sites for hydroxylation is 1. The molecule has 0 saturated carbocycles. The Balaban J connectivity index is 1.51. The number of amides is 1. The largest absolute Gasteiger partial charge is 0.298 e. The molecule has 3 aromatic rings. The van der Waals surface area contributed by atoms with E-state index in [2.05, 4.69) is 10.3 Å². The molecular formula is C19H19N3O3S2. The van der Waals surface area contributed by atoms with Crippen LogP contribution in [0.4, 0.5) is 5.13 Å². The van der Waals surface area contributed by atoms with Crippen molar-refractivity contribution in [2.45, 2.75) is 24.7 Å². The van der Waals surface area contributed by atoms with Gasteiger partial charge in [0.05, 0.1) is 15.1 Å². The highest BCUT2D eigenvalue weighted by atomic mass is 32.2. The number of fused-ring (bicyclic) bond motifs is 1. The second-order valence-electron chi connectivity index (χ2n) is 6.58. The minimum atomic E-state index is -3.47. The van der Waals surface area contributed by atoms with Crippen LogP contribution in [0, 0.1) is 6.92 Å². The molecule has 1 amide bonds. The van der Waals surface area contributed by atoms with E-state index in [1.54, 1.807) is 0 Å². The van der Waals surface area contributed by atoms with Crippen LogP contribution in [0.3, 0.4) is 0 Å². The molecule has 8 heteroatoms. The second-order valence-corrected chi connectivity index (χ2v) is 9.55. The lowest BCUT2D eigenvalue weighted by Crippen LogP contribution is -2.27. The Kier molecular flexibility index (Phi) is 4.71. The van der Waals surface area contributed by atoms with Gasteiger partial charge in [-0.15, -0.1) is 0 Å². The molecule has 1 fully saturated rings. The smallest absolute Gasteiger partial charge is 0.257 e. The van der Waals surface area contributed by atoms with Crippen LogP contribution in [0.1, 0.15) is 28.8 Å². The lowest BCUT2D eigenvalue weighted by molar-refractivity contribution is 0.102. The second kappa shape index (κ2) is 7.03. The van der Waals surface area contributed by atoms with Crippen LogP contribution in [-0.2, 0) is 10.0 Å². The molecule has 0 unspecified atom stereocenters. The Hall–Kier alpha value is -2.29. The molecular weight excluding hydrogens is 382 g/mol. The quantitative estimate of drug-likeness (QED) is 0.724. The van der Waals surface area contributed by atoms with Gasteiger partial charge in [0, 0.05) is 18.7 Å². The fourth-order valence-corrected chi connectivity index (χ4v) is 5.59. The van der Waals surface area contributed by atoms with E-state index in [-0.39, 0.29) is 10.8 Å². The maximum absolute atomic E-state index is 12.6. The van der Waals surface area contributed by atoms with Crippen molar-refractivity contribution in [1.82, 2.24) is 9.29 Å². The van der Waals surface area contributed by atoms with Crippen LogP contribution in [0.5, 0.6) is 0 Å². The van der Waals surface area contributed by atoms with Gasteiger partial charge in [-0.2, -0.15) is 4.31 Å². The fraction of sp³-hybridized carbons (Fsp3) is 0.263. The monoisotopic (exact) mass is 401 g/mol. The third-order valence-electron chi connectivity index (χ3n) is 4.58. The molecule has 6 nitrogen and oxygen atoms in total. The van der Waals surface area contributed by atoms with Crippen LogP contribution >= 0.6 is 11.3 Å². The van der Waals surface area contributed by atoms with Gasteiger partial charge in [0.1, 0.15) is 0 Å². The number of hydrogen-bond acceptors (Lipinski definition) is 5. The highest BCUT2D eigenvalue weighted by Crippen LogP contribution is 2.27. The van der Waals surface area contributed by atoms with Gasteiger partial charge < -0.3 is 0 Å². The van der Waals surface area contributed by atoms with Crippen molar-refractivity contribution in [3.05, 3.63) is 53.6 Å². The van der Waals surface area contributed by atoms with E-state index in [0.29, 0.717) is 23.8 Å². The van der Waals surface area contributed by atoms with E-state index < -0.39 is 10.0 Å². The maximum Gasteiger partial charge on any atom is 0.257 e. The minimum Gasteiger partial charge on any atom is -0.298 e. The zero-order chi connectivity index (χ0) is 19.0. The molecule has 0 aliphatic carbocycles. The first kappa shape index (κ1) is 18.1. The van der Waals surface area contributed by atoms with Crippen molar-refractivity contribution in [3.63, 3.8) is 0 Å². The SMILES string of the molecule is Cc1ccc2nc(NC(=O)c3ccc(S(=O)(=O)N4CCCC4)cc3)sc2c1. The van der Waals surface area contributed by atoms with E-state index in [4.69, 9.17) is 0 Å². The molecule has 140 valence electrons. The third kappa shape index (κ3) is 3.60. The average molecular weight is 402 g/mol. The topological polar surface area (TPSA) is 79.4 Å². The molecule has 0 atom stereocenters. The molecule has 2 aromatic carbocycles. The molecule has 1 N–H and O–H groups in total. The first-order valence-corrected chi connectivity index (χ1v) is 11.0. The summed E-state index contributed by atoms with van der Waals surface area (Å²) in [6.45, 7) is 3.12. The summed E-state index contributed by atoms with van der Waals surface area (Å²) in [5.41, 5.74) is 2.37. The summed E-state index contributed by atoms with van der Waals surface area (Å²) < 4.78 is 27.6. The van der Waals surface area contributed by atoms with Crippen LogP contribution < -0.4 is 5.32 Å². The van der Waals surface area contributed by atoms with Crippen molar-refractivity contribution in [2.24, 2.45) is 0 Å². The summed E-state index contributed by atoms with van der Waals surface area (Å²) in [5.74, 6) is -0.309. The van der Waals surface area contributed by atoms with Crippen LogP contribution in [0.15, 0.2) is 47.4 Å². The zero-order valence-corrected chi connectivity index (χ0v) is 16.4. The van der Waals surface area contributed by atoms with Gasteiger partial charge in [-0.1, -0.05) is 17.4 Å². The molecule has 1 aliphatic heterocycles. The number of benzene rings is 2. The van der Waals surface area contributed by atoms with Gasteiger partial charge in [-0.25, -0.2) is 13.4 Å². The Bertz CT molecular complexity index is 1100. The van der Waals surface area contributed by atoms with E-state index in [9.17, 15) is 13.2 Å². The van der Waals surface area contributed by atoms with Crippen molar-refractivity contribution in [1.29, 1.82) is 0 Å². The number of thiazole rings is 1. The van der Waals surface area contributed by atoms with Gasteiger partial charge in [0.25, 0.3) is 5.91 Å². The van der Waals surface area contributed by atoms with Crippen molar-refractivity contribution < 1.29 is 13.2 Å². The van der Waals surface area contributed by atoms with E-state index in [1.165, 1.54) is 39.9 Å². The molecule has 27 heavy (non-hydrogen) atoms. The minimum absolute atomic E-state index is 0.219. The standard InChI is InChI=1S/C19H19N3O3S2/c1-13-4-9-16-17(12-13)26-19(20-16)21-18(23)14-5-7-15(8-6-14)27(24,25)22-10-2-3-11-22/h4-9,12H,2-3,10-11H2,1H3,(H,20,21,23). The Morgan fingerprint density at radius 1 is 1.11 bits per heavy atom. The number of rotatable bonds is 4. The van der Waals surface area contributed by atoms with E-state index in [0.717, 1.165) is 28.6 Å². The van der Waals surface area contributed by atoms with Gasteiger partial charge >= 0.3 is 0 Å². The van der Waals surface area contributed by atoms with Gasteiger partial charge in [-0.05, 0) is 61.7 Å². The molecule has 4 rings (SSSR count). The Morgan fingerprint density at radius 3 is 2.52 bits per heavy atom. The molecule has 0 spiro atoms. The lowest BCUT2D eigenvalue weighted by Gasteiger charge is -2.15. The maximum atomic E-state index is 12.6. The predicted octanol–water partition coefficient (Wildman–Crippen LogP) is 3.64. The number of hydrogen-bond donors (Lipinski definition) is 1. The van der Waals surface area contributed by atoms with E-state index >= 15 is 0 Å². The van der Waals surface area contributed by atoms with E-state index in [1.807, 2.05) is 25.1 Å². The summed E-state index contributed by atoms with van der Waals surface area (Å²) in [6.07, 6.45) is 1.78. The van der Waals surface area contributed by atoms with Crippen LogP contribution in [0.25, 0.3) is 10.2 Å². The average Bonchev–Trinajstić information content (AvgIpc) is 3.31. The highest BCUT2D eigenvalue weighted by Gasteiger charge is 2.27. The van der Waals surface area contributed by atoms with Crippen LogP contribution in [-0.4, -0.2) is 36.7 Å². The van der Waals surface area contributed by atoms with Gasteiger partial charge in [0.15, 0.2) is 5.13 Å². The third-order valence-corrected chi connectivity index (χ3v) is 7.43. The molecule has 1 aromatic heterocycles. The summed E-state index contributed by atoms with van der Waals surface area (Å²) >= 11 is 1.41. The summed E-state index contributed by atoms with van der Waals surface area (Å²) in [4.78, 5) is 17.1. The number of sulfonamides is 1. The number of nitrogens with one attached hydrogen (secondary N) is 1. The summed E-state index contributed by atoms with van der Waals surface area (Å²) in [7, 11) is -3.47. The number of aromatic nitrogens is 1. The molecule has 0 bridgehead atoms. The molecule has 0 radical (unpaired) electrons. The highest BCUT2D eigenvalue weighted by molar-refractivity contribution is 7.89. The number of carbonyl (C=O) groups excluding carboxylic acids is 1.